The lowest BCUT2D eigenvalue weighted by Crippen LogP contribution is -2.67. The molecule has 0 spiro atoms. The quantitative estimate of drug-likeness (QED) is 0.329. The van der Waals surface area contributed by atoms with E-state index in [2.05, 4.69) is 62.0 Å². The maximum Gasteiger partial charge on any atom is -0.0175 e. The molecule has 0 radical (unpaired) electrons. The second-order valence-corrected chi connectivity index (χ2v) is 17.2. The summed E-state index contributed by atoms with van der Waals surface area (Å²) in [7, 11) is 0. The minimum atomic E-state index is 0.534. The lowest BCUT2D eigenvalue weighted by molar-refractivity contribution is -0.260. The van der Waals surface area contributed by atoms with Gasteiger partial charge < -0.3 is 0 Å². The van der Waals surface area contributed by atoms with Gasteiger partial charge in [-0.2, -0.15) is 0 Å². The van der Waals surface area contributed by atoms with Crippen molar-refractivity contribution in [2.75, 3.05) is 0 Å². The second kappa shape index (κ2) is 7.44. The van der Waals surface area contributed by atoms with E-state index in [9.17, 15) is 0 Å². The summed E-state index contributed by atoms with van der Waals surface area (Å²) in [5, 5.41) is 0. The van der Waals surface area contributed by atoms with Crippen LogP contribution in [0.25, 0.3) is 0 Å². The first kappa shape index (κ1) is 25.0. The Bertz CT molecular complexity index is 896. The van der Waals surface area contributed by atoms with Gasteiger partial charge in [-0.15, -0.1) is 0 Å². The first-order chi connectivity index (χ1) is 16.2. The fourth-order valence-electron chi connectivity index (χ4n) is 14.3. The van der Waals surface area contributed by atoms with Crippen molar-refractivity contribution in [1.82, 2.24) is 0 Å². The van der Waals surface area contributed by atoms with Gasteiger partial charge in [-0.1, -0.05) is 67.0 Å². The van der Waals surface area contributed by atoms with Crippen LogP contribution in [-0.2, 0) is 0 Å². The Labute approximate surface area is 218 Å². The highest BCUT2D eigenvalue weighted by Gasteiger charge is 2.71. The summed E-state index contributed by atoms with van der Waals surface area (Å²) >= 11 is 0. The number of hydrogen-bond acceptors (Lipinski definition) is 0. The van der Waals surface area contributed by atoms with Gasteiger partial charge in [-0.05, 0) is 152 Å². The zero-order chi connectivity index (χ0) is 25.2. The highest BCUT2D eigenvalue weighted by molar-refractivity contribution is 5.21. The molecule has 6 saturated carbocycles. The van der Waals surface area contributed by atoms with Crippen LogP contribution in [0.3, 0.4) is 0 Å². The summed E-state index contributed by atoms with van der Waals surface area (Å²) in [5.41, 5.74) is 4.79. The van der Waals surface area contributed by atoms with Gasteiger partial charge in [0.2, 0.25) is 0 Å². The molecule has 0 amide bonds. The molecule has 0 aromatic rings. The molecule has 0 saturated heterocycles. The third kappa shape index (κ3) is 2.93. The number of rotatable bonds is 1. The zero-order valence-electron chi connectivity index (χ0n) is 24.9. The van der Waals surface area contributed by atoms with Crippen LogP contribution in [0.15, 0.2) is 12.2 Å². The van der Waals surface area contributed by atoms with Gasteiger partial charge in [-0.25, -0.2) is 0 Å². The molecule has 6 aliphatic carbocycles. The van der Waals surface area contributed by atoms with Crippen LogP contribution in [-0.4, -0.2) is 0 Å². The summed E-state index contributed by atoms with van der Waals surface area (Å²) in [5.74, 6) is 5.48. The van der Waals surface area contributed by atoms with Crippen molar-refractivity contribution in [3.8, 4) is 0 Å². The lowest BCUT2D eigenvalue weighted by Gasteiger charge is -2.75. The van der Waals surface area contributed by atoms with E-state index < -0.39 is 0 Å². The van der Waals surface area contributed by atoms with E-state index in [1.165, 1.54) is 89.0 Å². The smallest absolute Gasteiger partial charge is 0.0175 e. The van der Waals surface area contributed by atoms with E-state index in [0.29, 0.717) is 32.5 Å². The Morgan fingerprint density at radius 2 is 1.09 bits per heavy atom. The first-order valence-electron chi connectivity index (χ1n) is 15.9. The highest BCUT2D eigenvalue weighted by Crippen LogP contribution is 2.79. The summed E-state index contributed by atoms with van der Waals surface area (Å²) in [6.07, 6.45) is 19.4. The number of allylic oxidation sites excluding steroid dienone is 1. The van der Waals surface area contributed by atoms with Gasteiger partial charge in [0, 0.05) is 0 Å². The summed E-state index contributed by atoms with van der Waals surface area (Å²) < 4.78 is 0. The van der Waals surface area contributed by atoms with Crippen LogP contribution < -0.4 is 0 Å². The Kier molecular flexibility index (Phi) is 5.32. The molecule has 6 rings (SSSR count). The molecule has 0 aromatic heterocycles. The minimum Gasteiger partial charge on any atom is -0.0999 e. The van der Waals surface area contributed by atoms with E-state index in [1.54, 1.807) is 0 Å². The molecular weight excluding hydrogens is 420 g/mol. The Morgan fingerprint density at radius 1 is 0.543 bits per heavy atom. The predicted molar refractivity (Wildman–Crippen MR) is 150 cm³/mol. The maximum absolute atomic E-state index is 4.46. The van der Waals surface area contributed by atoms with Gasteiger partial charge in [0.25, 0.3) is 0 Å². The summed E-state index contributed by atoms with van der Waals surface area (Å²) in [6, 6.07) is 0. The Hall–Kier alpha value is -0.260. The highest BCUT2D eigenvalue weighted by atomic mass is 14.8. The van der Waals surface area contributed by atoms with E-state index in [4.69, 9.17) is 0 Å². The number of hydrogen-bond donors (Lipinski definition) is 0. The molecule has 0 heterocycles. The van der Waals surface area contributed by atoms with Gasteiger partial charge in [0.15, 0.2) is 0 Å². The molecular formula is C35H58. The van der Waals surface area contributed by atoms with Crippen molar-refractivity contribution in [3.63, 3.8) is 0 Å². The third-order valence-corrected chi connectivity index (χ3v) is 15.9. The first-order valence-corrected chi connectivity index (χ1v) is 15.9. The fourth-order valence-corrected chi connectivity index (χ4v) is 14.3. The van der Waals surface area contributed by atoms with Gasteiger partial charge in [0.1, 0.15) is 0 Å². The lowest BCUT2D eigenvalue weighted by atomic mass is 9.30. The molecule has 0 aromatic carbocycles. The third-order valence-electron chi connectivity index (χ3n) is 15.9. The fraction of sp³-hybridized carbons (Fsp3) is 0.943. The SMILES string of the molecule is C=C(C)[C@@H]1CC[C@@]2(C)C1CC[C@@]1(C)C2CC[C@]2(C)C1CCC1[C@@]3(C)CCCC(C)(C)C3CC[C@]12C. The van der Waals surface area contributed by atoms with Gasteiger partial charge in [0.05, 0.1) is 0 Å². The van der Waals surface area contributed by atoms with Crippen LogP contribution in [0.1, 0.15) is 139 Å². The van der Waals surface area contributed by atoms with E-state index >= 15 is 0 Å². The molecule has 6 fully saturated rings. The molecule has 0 bridgehead atoms. The summed E-state index contributed by atoms with van der Waals surface area (Å²) in [6.45, 7) is 26.0. The van der Waals surface area contributed by atoms with Crippen LogP contribution in [0, 0.1) is 68.0 Å². The minimum absolute atomic E-state index is 0.534. The predicted octanol–water partition coefficient (Wildman–Crippen LogP) is 10.5. The monoisotopic (exact) mass is 478 g/mol. The molecule has 0 N–H and O–H groups in total. The molecule has 5 unspecified atom stereocenters. The van der Waals surface area contributed by atoms with Crippen molar-refractivity contribution in [2.24, 2.45) is 68.0 Å². The van der Waals surface area contributed by atoms with Crippen molar-refractivity contribution in [3.05, 3.63) is 12.2 Å². The van der Waals surface area contributed by atoms with Gasteiger partial charge >= 0.3 is 0 Å². The largest absolute Gasteiger partial charge is 0.0999 e. The molecule has 35 heavy (non-hydrogen) atoms. The molecule has 11 atom stereocenters. The van der Waals surface area contributed by atoms with Gasteiger partial charge in [-0.3, -0.25) is 0 Å². The van der Waals surface area contributed by atoms with E-state index in [-0.39, 0.29) is 0 Å². The average Bonchev–Trinajstić information content (AvgIpc) is 3.10. The van der Waals surface area contributed by atoms with Crippen molar-refractivity contribution < 1.29 is 0 Å². The Balaban J connectivity index is 1.36. The zero-order valence-corrected chi connectivity index (χ0v) is 24.9. The normalized spacial score (nSPS) is 58.9. The topological polar surface area (TPSA) is 0 Å². The number of fused-ring (bicyclic) bond motifs is 9. The molecule has 0 nitrogen and oxygen atoms in total. The van der Waals surface area contributed by atoms with Crippen molar-refractivity contribution in [2.45, 2.75) is 139 Å². The summed E-state index contributed by atoms with van der Waals surface area (Å²) in [4.78, 5) is 0. The standard InChI is InChI=1S/C35H58/c1-23(2)24-13-19-31(5)25(24)14-20-33(7)27(31)16-22-35(9)29(33)12-11-28-32(6)18-10-17-30(3,4)26(32)15-21-34(28,35)8/h24-29H,1,10-22H2,2-9H3/t24-,25?,26?,27?,28?,29?,31-,32-,33-,34+,35+/m0/s1. The average molecular weight is 479 g/mol. The Morgan fingerprint density at radius 3 is 1.69 bits per heavy atom. The molecule has 6 aliphatic rings. The maximum atomic E-state index is 4.46. The second-order valence-electron chi connectivity index (χ2n) is 17.2. The molecule has 0 aliphatic heterocycles. The van der Waals surface area contributed by atoms with Crippen molar-refractivity contribution in [1.29, 1.82) is 0 Å². The van der Waals surface area contributed by atoms with Crippen molar-refractivity contribution >= 4 is 0 Å². The molecule has 0 heteroatoms. The van der Waals surface area contributed by atoms with E-state index in [0.717, 1.165) is 35.5 Å². The van der Waals surface area contributed by atoms with E-state index in [1.807, 2.05) is 0 Å². The van der Waals surface area contributed by atoms with Crippen LogP contribution in [0.2, 0.25) is 0 Å². The van der Waals surface area contributed by atoms with Crippen LogP contribution in [0.5, 0.6) is 0 Å². The van der Waals surface area contributed by atoms with Crippen LogP contribution in [0.4, 0.5) is 0 Å². The van der Waals surface area contributed by atoms with Crippen LogP contribution >= 0.6 is 0 Å². The molecule has 198 valence electrons.